The highest BCUT2D eigenvalue weighted by Gasteiger charge is 2.17. The van der Waals surface area contributed by atoms with Gasteiger partial charge in [-0.05, 0) is 32.9 Å². The van der Waals surface area contributed by atoms with Crippen molar-refractivity contribution >= 4 is 5.82 Å². The van der Waals surface area contributed by atoms with Crippen molar-refractivity contribution < 1.29 is 9.47 Å². The number of rotatable bonds is 6. The minimum Gasteiger partial charge on any atom is -0.491 e. The van der Waals surface area contributed by atoms with Crippen LogP contribution in [0.1, 0.15) is 20.8 Å². The maximum absolute atomic E-state index is 5.86. The molecule has 1 heterocycles. The molecule has 0 radical (unpaired) electrons. The van der Waals surface area contributed by atoms with Crippen molar-refractivity contribution in [3.8, 4) is 22.8 Å². The molecule has 0 saturated heterocycles. The number of anilines is 1. The summed E-state index contributed by atoms with van der Waals surface area (Å²) in [6, 6.07) is 7.80. The van der Waals surface area contributed by atoms with Crippen LogP contribution < -0.4 is 14.8 Å². The van der Waals surface area contributed by atoms with Crippen LogP contribution in [-0.2, 0) is 0 Å². The topological polar surface area (TPSA) is 56.3 Å². The normalized spacial score (nSPS) is 10.5. The molecule has 0 amide bonds. The monoisotopic (exact) mass is 287 g/mol. The van der Waals surface area contributed by atoms with Crippen molar-refractivity contribution in [2.45, 2.75) is 26.9 Å². The SMILES string of the molecule is CCNc1ncnc(-c2ccccc2OC(C)C)c1OC. The second-order valence-electron chi connectivity index (χ2n) is 4.80. The highest BCUT2D eigenvalue weighted by atomic mass is 16.5. The minimum atomic E-state index is 0.0900. The van der Waals surface area contributed by atoms with Crippen molar-refractivity contribution in [1.29, 1.82) is 0 Å². The average Bonchev–Trinajstić information content (AvgIpc) is 2.47. The average molecular weight is 287 g/mol. The fourth-order valence-corrected chi connectivity index (χ4v) is 2.07. The Morgan fingerprint density at radius 2 is 1.95 bits per heavy atom. The summed E-state index contributed by atoms with van der Waals surface area (Å²) in [6.07, 6.45) is 1.62. The Balaban J connectivity index is 2.54. The lowest BCUT2D eigenvalue weighted by Crippen LogP contribution is -2.08. The van der Waals surface area contributed by atoms with Crippen LogP contribution in [0, 0.1) is 0 Å². The molecule has 2 rings (SSSR count). The van der Waals surface area contributed by atoms with E-state index in [4.69, 9.17) is 9.47 Å². The van der Waals surface area contributed by atoms with E-state index in [0.29, 0.717) is 11.6 Å². The van der Waals surface area contributed by atoms with Crippen LogP contribution in [-0.4, -0.2) is 29.7 Å². The summed E-state index contributed by atoms with van der Waals surface area (Å²) in [5, 5.41) is 3.18. The third kappa shape index (κ3) is 3.42. The quantitative estimate of drug-likeness (QED) is 0.882. The number of hydrogen-bond donors (Lipinski definition) is 1. The third-order valence-corrected chi connectivity index (χ3v) is 2.86. The highest BCUT2D eigenvalue weighted by molar-refractivity contribution is 5.76. The van der Waals surface area contributed by atoms with E-state index in [9.17, 15) is 0 Å². The van der Waals surface area contributed by atoms with E-state index in [1.165, 1.54) is 6.33 Å². The molecule has 1 aromatic carbocycles. The maximum Gasteiger partial charge on any atom is 0.187 e. The van der Waals surface area contributed by atoms with Gasteiger partial charge in [0.15, 0.2) is 11.6 Å². The molecule has 0 spiro atoms. The third-order valence-electron chi connectivity index (χ3n) is 2.86. The van der Waals surface area contributed by atoms with Crippen molar-refractivity contribution in [3.63, 3.8) is 0 Å². The predicted octanol–water partition coefficient (Wildman–Crippen LogP) is 3.37. The number of benzene rings is 1. The van der Waals surface area contributed by atoms with E-state index in [1.54, 1.807) is 7.11 Å². The van der Waals surface area contributed by atoms with Crippen LogP contribution in [0.3, 0.4) is 0 Å². The summed E-state index contributed by atoms with van der Waals surface area (Å²) in [5.74, 6) is 2.09. The Hall–Kier alpha value is -2.30. The largest absolute Gasteiger partial charge is 0.491 e. The summed E-state index contributed by atoms with van der Waals surface area (Å²) in [7, 11) is 1.62. The van der Waals surface area contributed by atoms with Crippen LogP contribution >= 0.6 is 0 Å². The van der Waals surface area contributed by atoms with E-state index in [2.05, 4.69) is 15.3 Å². The van der Waals surface area contributed by atoms with Gasteiger partial charge >= 0.3 is 0 Å². The van der Waals surface area contributed by atoms with Crippen LogP contribution in [0.15, 0.2) is 30.6 Å². The fraction of sp³-hybridized carbons (Fsp3) is 0.375. The molecule has 0 bridgehead atoms. The first-order valence-electron chi connectivity index (χ1n) is 7.06. The van der Waals surface area contributed by atoms with Gasteiger partial charge in [0.25, 0.3) is 0 Å². The second-order valence-corrected chi connectivity index (χ2v) is 4.80. The van der Waals surface area contributed by atoms with Gasteiger partial charge in [0.05, 0.1) is 13.2 Å². The lowest BCUT2D eigenvalue weighted by atomic mass is 10.1. The van der Waals surface area contributed by atoms with Crippen molar-refractivity contribution in [2.75, 3.05) is 19.0 Å². The first-order chi connectivity index (χ1) is 10.2. The molecule has 5 heteroatoms. The first-order valence-corrected chi connectivity index (χ1v) is 7.06. The molecule has 1 N–H and O–H groups in total. The molecule has 0 aliphatic rings. The predicted molar refractivity (Wildman–Crippen MR) is 83.9 cm³/mol. The fourth-order valence-electron chi connectivity index (χ4n) is 2.07. The van der Waals surface area contributed by atoms with E-state index >= 15 is 0 Å². The van der Waals surface area contributed by atoms with Crippen molar-refractivity contribution in [2.24, 2.45) is 0 Å². The summed E-state index contributed by atoms with van der Waals surface area (Å²) in [4.78, 5) is 8.60. The van der Waals surface area contributed by atoms with Gasteiger partial charge < -0.3 is 14.8 Å². The Labute approximate surface area is 125 Å². The molecule has 112 valence electrons. The number of methoxy groups -OCH3 is 1. The number of aromatic nitrogens is 2. The zero-order valence-electron chi connectivity index (χ0n) is 12.9. The summed E-state index contributed by atoms with van der Waals surface area (Å²) < 4.78 is 11.4. The van der Waals surface area contributed by atoms with Gasteiger partial charge in [0, 0.05) is 12.1 Å². The molecule has 5 nitrogen and oxygen atoms in total. The van der Waals surface area contributed by atoms with Gasteiger partial charge in [-0.3, -0.25) is 0 Å². The van der Waals surface area contributed by atoms with Gasteiger partial charge in [0.1, 0.15) is 17.8 Å². The van der Waals surface area contributed by atoms with Gasteiger partial charge in [-0.2, -0.15) is 0 Å². The Bertz CT molecular complexity index is 600. The van der Waals surface area contributed by atoms with Crippen LogP contribution in [0.5, 0.6) is 11.5 Å². The number of ether oxygens (including phenoxy) is 2. The lowest BCUT2D eigenvalue weighted by Gasteiger charge is -2.16. The summed E-state index contributed by atoms with van der Waals surface area (Å²) >= 11 is 0. The van der Waals surface area contributed by atoms with E-state index in [-0.39, 0.29) is 6.10 Å². The number of hydrogen-bond acceptors (Lipinski definition) is 5. The van der Waals surface area contributed by atoms with Gasteiger partial charge in [-0.1, -0.05) is 12.1 Å². The Kier molecular flexibility index (Phi) is 4.98. The zero-order valence-corrected chi connectivity index (χ0v) is 12.9. The van der Waals surface area contributed by atoms with E-state index in [0.717, 1.165) is 23.6 Å². The molecule has 0 aliphatic carbocycles. The smallest absolute Gasteiger partial charge is 0.187 e. The highest BCUT2D eigenvalue weighted by Crippen LogP contribution is 2.37. The standard InChI is InChI=1S/C16H21N3O2/c1-5-17-16-15(20-4)14(18-10-19-16)12-8-6-7-9-13(12)21-11(2)3/h6-11H,5H2,1-4H3,(H,17,18,19). The van der Waals surface area contributed by atoms with Crippen LogP contribution in [0.25, 0.3) is 11.3 Å². The number of nitrogens with one attached hydrogen (secondary N) is 1. The molecule has 0 fully saturated rings. The summed E-state index contributed by atoms with van der Waals surface area (Å²) in [5.41, 5.74) is 1.62. The van der Waals surface area contributed by atoms with Crippen LogP contribution in [0.2, 0.25) is 0 Å². The molecule has 21 heavy (non-hydrogen) atoms. The van der Waals surface area contributed by atoms with E-state index < -0.39 is 0 Å². The summed E-state index contributed by atoms with van der Waals surface area (Å²) in [6.45, 7) is 6.77. The number of nitrogens with zero attached hydrogens (tertiary/aromatic N) is 2. The van der Waals surface area contributed by atoms with E-state index in [1.807, 2.05) is 45.0 Å². The molecule has 2 aromatic rings. The van der Waals surface area contributed by atoms with Crippen LogP contribution in [0.4, 0.5) is 5.82 Å². The second kappa shape index (κ2) is 6.92. The Morgan fingerprint density at radius 3 is 2.62 bits per heavy atom. The van der Waals surface area contributed by atoms with Crippen molar-refractivity contribution in [3.05, 3.63) is 30.6 Å². The molecular formula is C16H21N3O2. The molecule has 1 aromatic heterocycles. The molecule has 0 aliphatic heterocycles. The maximum atomic E-state index is 5.86. The molecule has 0 saturated carbocycles. The van der Waals surface area contributed by atoms with Crippen molar-refractivity contribution in [1.82, 2.24) is 9.97 Å². The first kappa shape index (κ1) is 15.1. The number of para-hydroxylation sites is 1. The lowest BCUT2D eigenvalue weighted by molar-refractivity contribution is 0.243. The van der Waals surface area contributed by atoms with Gasteiger partial charge in [0.2, 0.25) is 0 Å². The molecular weight excluding hydrogens is 266 g/mol. The zero-order chi connectivity index (χ0) is 15.2. The van der Waals surface area contributed by atoms with Gasteiger partial charge in [-0.25, -0.2) is 9.97 Å². The van der Waals surface area contributed by atoms with Gasteiger partial charge in [-0.15, -0.1) is 0 Å². The minimum absolute atomic E-state index is 0.0900. The Morgan fingerprint density at radius 1 is 1.19 bits per heavy atom. The molecule has 0 unspecified atom stereocenters. The molecule has 0 atom stereocenters.